The molecule has 2 aromatic carbocycles. The fourth-order valence-corrected chi connectivity index (χ4v) is 2.44. The van der Waals surface area contributed by atoms with E-state index in [-0.39, 0.29) is 11.2 Å². The summed E-state index contributed by atoms with van der Waals surface area (Å²) < 4.78 is 14.8. The lowest BCUT2D eigenvalue weighted by atomic mass is 10.0. The number of aryl methyl sites for hydroxylation is 1. The molecule has 0 radical (unpaired) electrons. The average Bonchev–Trinajstić information content (AvgIpc) is 2.32. The van der Waals surface area contributed by atoms with E-state index < -0.39 is 0 Å². The molecule has 0 aromatic heterocycles. The van der Waals surface area contributed by atoms with Crippen LogP contribution in [0.25, 0.3) is 0 Å². The van der Waals surface area contributed by atoms with E-state index in [1.54, 1.807) is 6.07 Å². The predicted molar refractivity (Wildman–Crippen MR) is 77.6 cm³/mol. The molecule has 0 N–H and O–H groups in total. The molecule has 0 bridgehead atoms. The van der Waals surface area contributed by atoms with Crippen LogP contribution in [0.3, 0.4) is 0 Å². The summed E-state index contributed by atoms with van der Waals surface area (Å²) in [5.41, 5.74) is 2.56. The van der Waals surface area contributed by atoms with Crippen LogP contribution in [0.2, 0.25) is 0 Å². The highest BCUT2D eigenvalue weighted by molar-refractivity contribution is 9.10. The van der Waals surface area contributed by atoms with Crippen LogP contribution in [0.1, 0.15) is 22.1 Å². The number of hydrogen-bond donors (Lipinski definition) is 0. The van der Waals surface area contributed by atoms with Gasteiger partial charge in [0.1, 0.15) is 5.82 Å². The molecule has 3 heteroatoms. The Kier molecular flexibility index (Phi) is 4.41. The minimum absolute atomic E-state index is 0.230. The smallest absolute Gasteiger partial charge is 0.128 e. The van der Waals surface area contributed by atoms with Crippen molar-refractivity contribution < 1.29 is 4.39 Å². The van der Waals surface area contributed by atoms with Gasteiger partial charge in [0.2, 0.25) is 0 Å². The van der Waals surface area contributed by atoms with Crippen molar-refractivity contribution in [1.29, 1.82) is 0 Å². The summed E-state index contributed by atoms with van der Waals surface area (Å²) in [5.74, 6) is -0.230. The first-order valence-electron chi connectivity index (χ1n) is 5.71. The maximum atomic E-state index is 13.8. The molecule has 0 aliphatic heterocycles. The van der Waals surface area contributed by atoms with Crippen LogP contribution in [0.4, 0.5) is 4.39 Å². The Labute approximate surface area is 120 Å². The molecule has 1 atom stereocenters. The van der Waals surface area contributed by atoms with E-state index in [1.807, 2.05) is 37.3 Å². The highest BCUT2D eigenvalue weighted by Crippen LogP contribution is 2.28. The normalized spacial score (nSPS) is 12.4. The molecule has 18 heavy (non-hydrogen) atoms. The van der Waals surface area contributed by atoms with Crippen molar-refractivity contribution >= 4 is 27.5 Å². The standard InChI is InChI=1S/C15H13BrClF/c1-10-2-7-13(15(18)8-10)14(17)9-11-3-5-12(16)6-4-11/h2-8,14H,9H2,1H3. The SMILES string of the molecule is Cc1ccc(C(Cl)Cc2ccc(Br)cc2)c(F)c1. The van der Waals surface area contributed by atoms with Crippen molar-refractivity contribution in [3.63, 3.8) is 0 Å². The second-order valence-electron chi connectivity index (χ2n) is 4.32. The molecule has 1 unspecified atom stereocenters. The average molecular weight is 328 g/mol. The van der Waals surface area contributed by atoms with E-state index in [0.717, 1.165) is 15.6 Å². The zero-order chi connectivity index (χ0) is 13.1. The molecule has 0 amide bonds. The zero-order valence-corrected chi connectivity index (χ0v) is 12.3. The summed E-state index contributed by atoms with van der Waals surface area (Å²) in [6, 6.07) is 13.1. The van der Waals surface area contributed by atoms with Gasteiger partial charge in [0.25, 0.3) is 0 Å². The van der Waals surface area contributed by atoms with Crippen molar-refractivity contribution in [2.24, 2.45) is 0 Å². The van der Waals surface area contributed by atoms with E-state index in [0.29, 0.717) is 12.0 Å². The van der Waals surface area contributed by atoms with Crippen LogP contribution in [0, 0.1) is 12.7 Å². The molecule has 0 nitrogen and oxygen atoms in total. The van der Waals surface area contributed by atoms with Gasteiger partial charge in [-0.05, 0) is 42.7 Å². The first-order valence-corrected chi connectivity index (χ1v) is 6.94. The van der Waals surface area contributed by atoms with Crippen molar-refractivity contribution in [2.75, 3.05) is 0 Å². The highest BCUT2D eigenvalue weighted by Gasteiger charge is 2.13. The van der Waals surface area contributed by atoms with Crippen LogP contribution in [-0.4, -0.2) is 0 Å². The maximum Gasteiger partial charge on any atom is 0.128 e. The van der Waals surface area contributed by atoms with Crippen LogP contribution in [0.15, 0.2) is 46.9 Å². The molecule has 0 aliphatic rings. The van der Waals surface area contributed by atoms with E-state index >= 15 is 0 Å². The van der Waals surface area contributed by atoms with E-state index in [1.165, 1.54) is 6.07 Å². The van der Waals surface area contributed by atoms with Crippen LogP contribution < -0.4 is 0 Å². The summed E-state index contributed by atoms with van der Waals surface area (Å²) >= 11 is 9.67. The Hall–Kier alpha value is -0.860. The molecule has 0 spiro atoms. The predicted octanol–water partition coefficient (Wildman–Crippen LogP) is 5.42. The second kappa shape index (κ2) is 5.85. The molecule has 0 saturated carbocycles. The van der Waals surface area contributed by atoms with Crippen molar-refractivity contribution in [3.05, 3.63) is 69.4 Å². The fourth-order valence-electron chi connectivity index (χ4n) is 1.82. The highest BCUT2D eigenvalue weighted by atomic mass is 79.9. The van der Waals surface area contributed by atoms with Gasteiger partial charge < -0.3 is 0 Å². The van der Waals surface area contributed by atoms with Gasteiger partial charge in [-0.25, -0.2) is 4.39 Å². The van der Waals surface area contributed by atoms with Gasteiger partial charge in [-0.1, -0.05) is 40.2 Å². The van der Waals surface area contributed by atoms with Crippen molar-refractivity contribution in [3.8, 4) is 0 Å². The topological polar surface area (TPSA) is 0 Å². The first-order chi connectivity index (χ1) is 8.56. The van der Waals surface area contributed by atoms with Crippen molar-refractivity contribution in [1.82, 2.24) is 0 Å². The van der Waals surface area contributed by atoms with Gasteiger partial charge in [0, 0.05) is 10.0 Å². The van der Waals surface area contributed by atoms with E-state index in [4.69, 9.17) is 11.6 Å². The third-order valence-corrected chi connectivity index (χ3v) is 3.74. The quantitative estimate of drug-likeness (QED) is 0.660. The van der Waals surface area contributed by atoms with E-state index in [2.05, 4.69) is 15.9 Å². The lowest BCUT2D eigenvalue weighted by Gasteiger charge is -2.11. The third kappa shape index (κ3) is 3.33. The Morgan fingerprint density at radius 1 is 1.17 bits per heavy atom. The zero-order valence-electron chi connectivity index (χ0n) is 9.96. The van der Waals surface area contributed by atoms with Gasteiger partial charge in [-0.2, -0.15) is 0 Å². The maximum absolute atomic E-state index is 13.8. The molecule has 0 heterocycles. The Bertz CT molecular complexity index is 537. The van der Waals surface area contributed by atoms with Crippen LogP contribution >= 0.6 is 27.5 Å². The lowest BCUT2D eigenvalue weighted by Crippen LogP contribution is -1.99. The molecule has 2 aromatic rings. The molecular formula is C15H13BrClF. The van der Waals surface area contributed by atoms with Gasteiger partial charge in [-0.3, -0.25) is 0 Å². The summed E-state index contributed by atoms with van der Waals surface area (Å²) in [7, 11) is 0. The molecule has 2 rings (SSSR count). The number of halogens is 3. The van der Waals surface area contributed by atoms with Gasteiger partial charge in [0.05, 0.1) is 5.38 Å². The summed E-state index contributed by atoms with van der Waals surface area (Å²) in [4.78, 5) is 0. The summed E-state index contributed by atoms with van der Waals surface area (Å²) in [6.45, 7) is 1.87. The molecule has 94 valence electrons. The Morgan fingerprint density at radius 3 is 2.44 bits per heavy atom. The van der Waals surface area contributed by atoms with Gasteiger partial charge >= 0.3 is 0 Å². The lowest BCUT2D eigenvalue weighted by molar-refractivity contribution is 0.604. The van der Waals surface area contributed by atoms with Gasteiger partial charge in [0.15, 0.2) is 0 Å². The summed E-state index contributed by atoms with van der Waals surface area (Å²) in [6.07, 6.45) is 0.620. The van der Waals surface area contributed by atoms with Crippen molar-refractivity contribution in [2.45, 2.75) is 18.7 Å². The number of alkyl halides is 1. The fraction of sp³-hybridized carbons (Fsp3) is 0.200. The minimum atomic E-state index is -0.341. The molecular weight excluding hydrogens is 315 g/mol. The minimum Gasteiger partial charge on any atom is -0.207 e. The van der Waals surface area contributed by atoms with Gasteiger partial charge in [-0.15, -0.1) is 11.6 Å². The second-order valence-corrected chi connectivity index (χ2v) is 5.77. The first kappa shape index (κ1) is 13.6. The van der Waals surface area contributed by atoms with Crippen LogP contribution in [-0.2, 0) is 6.42 Å². The van der Waals surface area contributed by atoms with E-state index in [9.17, 15) is 4.39 Å². The summed E-state index contributed by atoms with van der Waals surface area (Å²) in [5, 5.41) is -0.341. The van der Waals surface area contributed by atoms with Crippen LogP contribution in [0.5, 0.6) is 0 Å². The molecule has 0 aliphatic carbocycles. The molecule has 0 fully saturated rings. The Balaban J connectivity index is 2.16. The molecule has 0 saturated heterocycles. The Morgan fingerprint density at radius 2 is 1.83 bits per heavy atom. The number of benzene rings is 2. The third-order valence-electron chi connectivity index (χ3n) is 2.82. The monoisotopic (exact) mass is 326 g/mol. The number of rotatable bonds is 3. The number of hydrogen-bond acceptors (Lipinski definition) is 0. The largest absolute Gasteiger partial charge is 0.207 e.